The summed E-state index contributed by atoms with van der Waals surface area (Å²) in [6.45, 7) is 4.36. The fourth-order valence-electron chi connectivity index (χ4n) is 0.473. The summed E-state index contributed by atoms with van der Waals surface area (Å²) in [5.41, 5.74) is 0. The molecule has 1 rings (SSSR count). The Morgan fingerprint density at radius 1 is 1.40 bits per heavy atom. The quantitative estimate of drug-likeness (QED) is 0.691. The Morgan fingerprint density at radius 2 is 1.93 bits per heavy atom. The molecule has 86 valence electrons. The van der Waals surface area contributed by atoms with Gasteiger partial charge in [0.2, 0.25) is 0 Å². The Labute approximate surface area is 87.5 Å². The second-order valence-corrected chi connectivity index (χ2v) is 3.28. The lowest BCUT2D eigenvalue weighted by molar-refractivity contribution is -0.114. The molecule has 0 aromatic rings. The van der Waals surface area contributed by atoms with E-state index in [9.17, 15) is 14.2 Å². The van der Waals surface area contributed by atoms with E-state index in [4.69, 9.17) is 4.89 Å². The summed E-state index contributed by atoms with van der Waals surface area (Å²) in [7, 11) is -3.27. The van der Waals surface area contributed by atoms with Gasteiger partial charge >= 0.3 is 20.2 Å². The topological polar surface area (TPSA) is 105 Å². The lowest BCUT2D eigenvalue weighted by Gasteiger charge is -1.94. The van der Waals surface area contributed by atoms with Crippen LogP contribution in [-0.2, 0) is 13.9 Å². The number of hydrogen-bond acceptors (Lipinski definition) is 4. The minimum absolute atomic E-state index is 0.665. The van der Waals surface area contributed by atoms with Crippen LogP contribution in [-0.4, -0.2) is 22.7 Å². The Morgan fingerprint density at radius 3 is 2.20 bits per heavy atom. The first-order valence-corrected chi connectivity index (χ1v) is 5.62. The summed E-state index contributed by atoms with van der Waals surface area (Å²) in [5.74, 6) is -1.57. The van der Waals surface area contributed by atoms with E-state index < -0.39 is 26.1 Å². The number of unbranched alkanes of at least 4 members (excludes halogenated alkanes) is 1. The molecule has 7 nitrogen and oxygen atoms in total. The van der Waals surface area contributed by atoms with Crippen LogP contribution in [0.1, 0.15) is 26.7 Å². The number of carbonyl (C=O) groups excluding carboxylic acids is 2. The van der Waals surface area contributed by atoms with Crippen molar-refractivity contribution in [2.75, 3.05) is 0 Å². The van der Waals surface area contributed by atoms with E-state index in [1.54, 1.807) is 5.32 Å². The third-order valence-electron chi connectivity index (χ3n) is 1.30. The van der Waals surface area contributed by atoms with Gasteiger partial charge in [0.15, 0.2) is 0 Å². The predicted octanol–water partition coefficient (Wildman–Crippen LogP) is 0.840. The van der Waals surface area contributed by atoms with Crippen molar-refractivity contribution >= 4 is 26.1 Å². The van der Waals surface area contributed by atoms with Gasteiger partial charge in [-0.25, -0.2) is 9.36 Å². The molecule has 2 N–H and O–H groups in total. The van der Waals surface area contributed by atoms with Crippen LogP contribution in [0.15, 0.2) is 4.99 Å². The average Bonchev–Trinajstić information content (AvgIpc) is 2.45. The third-order valence-corrected chi connectivity index (χ3v) is 1.67. The van der Waals surface area contributed by atoms with Crippen molar-refractivity contribution in [1.82, 2.24) is 5.32 Å². The Hall–Kier alpha value is -1.20. The predicted molar refractivity (Wildman–Crippen MR) is 53.9 cm³/mol. The number of urea groups is 1. The van der Waals surface area contributed by atoms with Gasteiger partial charge in [-0.05, 0) is 0 Å². The molecule has 0 aromatic carbocycles. The fourth-order valence-corrected chi connectivity index (χ4v) is 0.777. The molecule has 0 fully saturated rings. The molecule has 8 heteroatoms. The first-order valence-electron chi connectivity index (χ1n) is 4.36. The fraction of sp³-hybridized carbons (Fsp3) is 0.571. The van der Waals surface area contributed by atoms with Gasteiger partial charge in [0.05, 0.1) is 0 Å². The summed E-state index contributed by atoms with van der Waals surface area (Å²) >= 11 is 0. The molecule has 15 heavy (non-hydrogen) atoms. The zero-order valence-electron chi connectivity index (χ0n) is 8.44. The molecular formula is C7H13N2O5P. The molecule has 1 aliphatic rings. The average molecular weight is 236 g/mol. The summed E-state index contributed by atoms with van der Waals surface area (Å²) in [6, 6.07) is -0.895. The molecular weight excluding hydrogens is 223 g/mol. The van der Waals surface area contributed by atoms with Crippen LogP contribution in [0.5, 0.6) is 0 Å². The smallest absolute Gasteiger partial charge is 0.366 e. The van der Waals surface area contributed by atoms with Crippen molar-refractivity contribution in [1.29, 1.82) is 0 Å². The number of rotatable bonds is 2. The molecule has 0 saturated carbocycles. The molecule has 0 radical (unpaired) electrons. The number of hydrogen-bond donors (Lipinski definition) is 2. The van der Waals surface area contributed by atoms with Crippen molar-refractivity contribution in [2.45, 2.75) is 26.7 Å². The second-order valence-electron chi connectivity index (χ2n) is 2.54. The number of nitrogens with one attached hydrogen (secondary N) is 1. The summed E-state index contributed by atoms with van der Waals surface area (Å²) in [4.78, 5) is 31.9. The number of amides is 3. The van der Waals surface area contributed by atoms with Crippen LogP contribution >= 0.6 is 8.25 Å². The monoisotopic (exact) mass is 236 g/mol. The van der Waals surface area contributed by atoms with Crippen molar-refractivity contribution in [3.05, 3.63) is 0 Å². The highest BCUT2D eigenvalue weighted by molar-refractivity contribution is 7.33. The highest BCUT2D eigenvalue weighted by Gasteiger charge is 2.25. The van der Waals surface area contributed by atoms with Crippen LogP contribution in [0.3, 0.4) is 0 Å². The zero-order chi connectivity index (χ0) is 11.8. The molecule has 1 aliphatic heterocycles. The second kappa shape index (κ2) is 7.14. The van der Waals surface area contributed by atoms with E-state index in [0.717, 1.165) is 0 Å². The third kappa shape index (κ3) is 5.98. The van der Waals surface area contributed by atoms with Gasteiger partial charge in [-0.2, -0.15) is 4.99 Å². The zero-order valence-corrected chi connectivity index (χ0v) is 9.44. The Bertz CT molecular complexity index is 300. The lowest BCUT2D eigenvalue weighted by atomic mass is 10.4. The summed E-state index contributed by atoms with van der Waals surface area (Å²) < 4.78 is 14.0. The van der Waals surface area contributed by atoms with Crippen LogP contribution < -0.4 is 5.32 Å². The van der Waals surface area contributed by atoms with Gasteiger partial charge in [-0.1, -0.05) is 26.7 Å². The van der Waals surface area contributed by atoms with Gasteiger partial charge in [0.1, 0.15) is 0 Å². The molecule has 1 heterocycles. The molecule has 0 aliphatic carbocycles. The van der Waals surface area contributed by atoms with Crippen LogP contribution in [0.25, 0.3) is 0 Å². The highest BCUT2D eigenvalue weighted by atomic mass is 31.1. The van der Waals surface area contributed by atoms with Gasteiger partial charge in [-0.3, -0.25) is 10.1 Å². The summed E-state index contributed by atoms with van der Waals surface area (Å²) in [6.07, 6.45) is 2.64. The van der Waals surface area contributed by atoms with Gasteiger partial charge in [0, 0.05) is 0 Å². The first-order chi connectivity index (χ1) is 7.01. The van der Waals surface area contributed by atoms with Crippen LogP contribution in [0.4, 0.5) is 4.79 Å². The normalized spacial score (nSPS) is 16.1. The maximum Gasteiger partial charge on any atom is 0.366 e. The van der Waals surface area contributed by atoms with Crippen molar-refractivity contribution in [2.24, 2.45) is 4.99 Å². The van der Waals surface area contributed by atoms with Gasteiger partial charge in [0.25, 0.3) is 5.90 Å². The Balaban J connectivity index is 0.000000423. The molecule has 3 amide bonds. The SMILES string of the molecule is CCCC.O=C1N=C(O[PH](=O)O)C(=O)N1. The van der Waals surface area contributed by atoms with E-state index in [-0.39, 0.29) is 0 Å². The van der Waals surface area contributed by atoms with Gasteiger partial charge < -0.3 is 9.42 Å². The largest absolute Gasteiger partial charge is 0.402 e. The Kier molecular flexibility index (Phi) is 6.57. The van der Waals surface area contributed by atoms with Crippen molar-refractivity contribution in [3.63, 3.8) is 0 Å². The van der Waals surface area contributed by atoms with Crippen LogP contribution in [0.2, 0.25) is 0 Å². The maximum absolute atomic E-state index is 10.5. The summed E-state index contributed by atoms with van der Waals surface area (Å²) in [5, 5.41) is 1.73. The highest BCUT2D eigenvalue weighted by Crippen LogP contribution is 2.16. The van der Waals surface area contributed by atoms with Gasteiger partial charge in [-0.15, -0.1) is 0 Å². The molecule has 0 spiro atoms. The van der Waals surface area contributed by atoms with E-state index in [1.807, 2.05) is 0 Å². The van der Waals surface area contributed by atoms with E-state index in [2.05, 4.69) is 23.4 Å². The molecule has 0 bridgehead atoms. The van der Waals surface area contributed by atoms with Crippen molar-refractivity contribution in [3.8, 4) is 0 Å². The molecule has 0 saturated heterocycles. The van der Waals surface area contributed by atoms with E-state index >= 15 is 0 Å². The molecule has 0 aromatic heterocycles. The number of aliphatic imine (C=N–C) groups is 1. The maximum atomic E-state index is 10.5. The van der Waals surface area contributed by atoms with E-state index in [1.165, 1.54) is 12.8 Å². The number of imide groups is 1. The minimum Gasteiger partial charge on any atom is -0.402 e. The van der Waals surface area contributed by atoms with E-state index in [0.29, 0.717) is 0 Å². The number of nitrogens with zero attached hydrogens (tertiary/aromatic N) is 1. The first kappa shape index (κ1) is 13.8. The minimum atomic E-state index is -3.27. The molecule has 1 atom stereocenters. The molecule has 1 unspecified atom stereocenters. The van der Waals surface area contributed by atoms with Crippen molar-refractivity contribution < 1.29 is 23.6 Å². The standard InChI is InChI=1S/C4H10.C3H3N2O5P/c1-3-4-2;6-1-2(10-11(8)9)5-3(7)4-1/h3-4H2,1-2H3;11H,(H,8,9)(H,4,6,7). The number of carbonyl (C=O) groups is 2. The van der Waals surface area contributed by atoms with Crippen LogP contribution in [0, 0.1) is 0 Å². The lowest BCUT2D eigenvalue weighted by Crippen LogP contribution is -2.25.